The van der Waals surface area contributed by atoms with E-state index in [4.69, 9.17) is 4.74 Å². The van der Waals surface area contributed by atoms with Gasteiger partial charge < -0.3 is 15.0 Å². The second kappa shape index (κ2) is 6.55. The van der Waals surface area contributed by atoms with Crippen molar-refractivity contribution in [2.45, 2.75) is 39.8 Å². The van der Waals surface area contributed by atoms with E-state index in [1.807, 2.05) is 6.20 Å². The number of hydrogen-bond donors (Lipinski definition) is 1. The monoisotopic (exact) mass is 277 g/mol. The molecule has 112 valence electrons. The van der Waals surface area contributed by atoms with Crippen LogP contribution in [0, 0.1) is 5.92 Å². The molecular weight excluding hydrogens is 250 g/mol. The van der Waals surface area contributed by atoms with Gasteiger partial charge in [0.2, 0.25) is 0 Å². The first-order valence-electron chi connectivity index (χ1n) is 7.50. The lowest BCUT2D eigenvalue weighted by Gasteiger charge is -2.43. The summed E-state index contributed by atoms with van der Waals surface area (Å²) in [6, 6.07) is 4.28. The molecular formula is C16H27N3O. The molecule has 0 amide bonds. The summed E-state index contributed by atoms with van der Waals surface area (Å²) in [4.78, 5) is 6.89. The second-order valence-electron chi connectivity index (χ2n) is 6.56. The lowest BCUT2D eigenvalue weighted by molar-refractivity contribution is 0.0639. The van der Waals surface area contributed by atoms with Gasteiger partial charge in [-0.3, -0.25) is 0 Å². The van der Waals surface area contributed by atoms with Crippen LogP contribution in [0.3, 0.4) is 0 Å². The smallest absolute Gasteiger partial charge is 0.129 e. The maximum atomic E-state index is 5.58. The van der Waals surface area contributed by atoms with Gasteiger partial charge in [-0.25, -0.2) is 4.98 Å². The van der Waals surface area contributed by atoms with Gasteiger partial charge in [0.05, 0.1) is 18.8 Å². The minimum atomic E-state index is 0.00916. The number of ether oxygens (including phenoxy) is 1. The number of morpholine rings is 1. The predicted molar refractivity (Wildman–Crippen MR) is 83.0 cm³/mol. The maximum Gasteiger partial charge on any atom is 0.129 e. The van der Waals surface area contributed by atoms with Crippen molar-refractivity contribution in [2.75, 3.05) is 31.2 Å². The minimum absolute atomic E-state index is 0.00916. The second-order valence-corrected chi connectivity index (χ2v) is 6.56. The van der Waals surface area contributed by atoms with Crippen molar-refractivity contribution in [1.29, 1.82) is 0 Å². The molecule has 1 saturated heterocycles. The fraction of sp³-hybridized carbons (Fsp3) is 0.688. The van der Waals surface area contributed by atoms with Crippen LogP contribution in [0.5, 0.6) is 0 Å². The Kier molecular flexibility index (Phi) is 5.00. The average Bonchev–Trinajstić information content (AvgIpc) is 2.38. The first kappa shape index (κ1) is 15.3. The van der Waals surface area contributed by atoms with Crippen molar-refractivity contribution in [1.82, 2.24) is 10.3 Å². The Balaban J connectivity index is 2.05. The first-order valence-corrected chi connectivity index (χ1v) is 7.50. The van der Waals surface area contributed by atoms with Gasteiger partial charge in [-0.2, -0.15) is 0 Å². The summed E-state index contributed by atoms with van der Waals surface area (Å²) in [6.45, 7) is 13.2. The lowest BCUT2D eigenvalue weighted by Crippen LogP contribution is -2.53. The number of anilines is 1. The van der Waals surface area contributed by atoms with Gasteiger partial charge in [-0.1, -0.05) is 13.8 Å². The van der Waals surface area contributed by atoms with E-state index in [1.165, 1.54) is 5.56 Å². The van der Waals surface area contributed by atoms with Gasteiger partial charge in [-0.15, -0.1) is 0 Å². The first-order chi connectivity index (χ1) is 9.49. The van der Waals surface area contributed by atoms with E-state index in [1.54, 1.807) is 0 Å². The van der Waals surface area contributed by atoms with Crippen molar-refractivity contribution in [3.8, 4) is 0 Å². The van der Waals surface area contributed by atoms with E-state index in [0.717, 1.165) is 38.7 Å². The van der Waals surface area contributed by atoms with Gasteiger partial charge in [-0.05, 0) is 44.0 Å². The Bertz CT molecular complexity index is 431. The quantitative estimate of drug-likeness (QED) is 0.897. The number of nitrogens with zero attached hydrogens (tertiary/aromatic N) is 2. The highest BCUT2D eigenvalue weighted by atomic mass is 16.5. The minimum Gasteiger partial charge on any atom is -0.377 e. The van der Waals surface area contributed by atoms with E-state index in [0.29, 0.717) is 5.92 Å². The molecule has 1 aliphatic rings. The molecule has 1 N–H and O–H groups in total. The molecule has 2 heterocycles. The summed E-state index contributed by atoms with van der Waals surface area (Å²) in [5, 5.41) is 3.48. The Morgan fingerprint density at radius 2 is 2.25 bits per heavy atom. The summed E-state index contributed by atoms with van der Waals surface area (Å²) in [5.74, 6) is 1.73. The Labute approximate surface area is 122 Å². The third kappa shape index (κ3) is 3.93. The van der Waals surface area contributed by atoms with Crippen LogP contribution in [0.4, 0.5) is 5.82 Å². The van der Waals surface area contributed by atoms with Crippen LogP contribution >= 0.6 is 0 Å². The van der Waals surface area contributed by atoms with Gasteiger partial charge in [0.1, 0.15) is 5.82 Å². The molecule has 0 bridgehead atoms. The van der Waals surface area contributed by atoms with Gasteiger partial charge in [0, 0.05) is 19.3 Å². The largest absolute Gasteiger partial charge is 0.377 e. The topological polar surface area (TPSA) is 37.4 Å². The number of aromatic nitrogens is 1. The van der Waals surface area contributed by atoms with E-state index in [2.05, 4.69) is 55.0 Å². The van der Waals surface area contributed by atoms with E-state index in [-0.39, 0.29) is 5.54 Å². The highest BCUT2D eigenvalue weighted by molar-refractivity contribution is 5.44. The molecule has 4 nitrogen and oxygen atoms in total. The number of hydrogen-bond acceptors (Lipinski definition) is 4. The molecule has 20 heavy (non-hydrogen) atoms. The van der Waals surface area contributed by atoms with Crippen LogP contribution in [0.25, 0.3) is 0 Å². The van der Waals surface area contributed by atoms with Crippen molar-refractivity contribution in [2.24, 2.45) is 5.92 Å². The average molecular weight is 277 g/mol. The van der Waals surface area contributed by atoms with Crippen LogP contribution in [-0.2, 0) is 11.3 Å². The summed E-state index contributed by atoms with van der Waals surface area (Å²) in [6.07, 6.45) is 1.91. The summed E-state index contributed by atoms with van der Waals surface area (Å²) in [5.41, 5.74) is 1.30. The standard InChI is InChI=1S/C16H27N3O/c1-13(2)10-17-11-14-5-6-18-15(9-14)19-7-8-20-12-16(19,3)4/h5-6,9,13,17H,7-8,10-12H2,1-4H3. The highest BCUT2D eigenvalue weighted by Gasteiger charge is 2.31. The molecule has 0 radical (unpaired) electrons. The van der Waals surface area contributed by atoms with Crippen molar-refractivity contribution < 1.29 is 4.74 Å². The number of nitrogens with one attached hydrogen (secondary N) is 1. The fourth-order valence-corrected chi connectivity index (χ4v) is 2.51. The van der Waals surface area contributed by atoms with Crippen molar-refractivity contribution >= 4 is 5.82 Å². The van der Waals surface area contributed by atoms with Gasteiger partial charge >= 0.3 is 0 Å². The Morgan fingerprint density at radius 3 is 2.95 bits per heavy atom. The third-order valence-electron chi connectivity index (χ3n) is 3.61. The Hall–Kier alpha value is -1.13. The predicted octanol–water partition coefficient (Wildman–Crippen LogP) is 2.44. The summed E-state index contributed by atoms with van der Waals surface area (Å²) >= 11 is 0. The van der Waals surface area contributed by atoms with E-state index >= 15 is 0 Å². The zero-order chi connectivity index (χ0) is 14.6. The van der Waals surface area contributed by atoms with Gasteiger partial charge in [0.25, 0.3) is 0 Å². The van der Waals surface area contributed by atoms with Crippen LogP contribution in [-0.4, -0.2) is 36.8 Å². The zero-order valence-corrected chi connectivity index (χ0v) is 13.1. The van der Waals surface area contributed by atoms with Crippen molar-refractivity contribution in [3.05, 3.63) is 23.9 Å². The molecule has 0 saturated carbocycles. The fourth-order valence-electron chi connectivity index (χ4n) is 2.51. The SMILES string of the molecule is CC(C)CNCc1ccnc(N2CCOCC2(C)C)c1. The maximum absolute atomic E-state index is 5.58. The molecule has 0 aliphatic carbocycles. The van der Waals surface area contributed by atoms with Gasteiger partial charge in [0.15, 0.2) is 0 Å². The Morgan fingerprint density at radius 1 is 1.45 bits per heavy atom. The normalized spacial score (nSPS) is 18.6. The molecule has 1 fully saturated rings. The van der Waals surface area contributed by atoms with Crippen LogP contribution < -0.4 is 10.2 Å². The molecule has 0 atom stereocenters. The van der Waals surface area contributed by atoms with Crippen molar-refractivity contribution in [3.63, 3.8) is 0 Å². The van der Waals surface area contributed by atoms with Crippen LogP contribution in [0.15, 0.2) is 18.3 Å². The highest BCUT2D eigenvalue weighted by Crippen LogP contribution is 2.25. The zero-order valence-electron chi connectivity index (χ0n) is 13.1. The molecule has 4 heteroatoms. The molecule has 1 aliphatic heterocycles. The molecule has 0 spiro atoms. The van der Waals surface area contributed by atoms with E-state index in [9.17, 15) is 0 Å². The number of rotatable bonds is 5. The third-order valence-corrected chi connectivity index (χ3v) is 3.61. The number of pyridine rings is 1. The lowest BCUT2D eigenvalue weighted by atomic mass is 10.0. The van der Waals surface area contributed by atoms with E-state index < -0.39 is 0 Å². The molecule has 2 rings (SSSR count). The van der Waals surface area contributed by atoms with Crippen LogP contribution in [0.1, 0.15) is 33.3 Å². The summed E-state index contributed by atoms with van der Waals surface area (Å²) < 4.78 is 5.58. The molecule has 0 aromatic carbocycles. The molecule has 0 unspecified atom stereocenters. The molecule has 1 aromatic rings. The van der Waals surface area contributed by atoms with Crippen LogP contribution in [0.2, 0.25) is 0 Å². The molecule has 1 aromatic heterocycles. The summed E-state index contributed by atoms with van der Waals surface area (Å²) in [7, 11) is 0.